The average molecular weight is 448 g/mol. The topological polar surface area (TPSA) is 60.9 Å². The molecule has 2 aromatic carbocycles. The Bertz CT molecular complexity index is 1030. The maximum absolute atomic E-state index is 13.9. The summed E-state index contributed by atoms with van der Waals surface area (Å²) in [4.78, 5) is 46.0. The minimum Gasteiger partial charge on any atom is -0.340 e. The molecule has 0 N–H and O–H groups in total. The molecule has 0 aromatic heterocycles. The molecule has 0 aliphatic carbocycles. The largest absolute Gasteiger partial charge is 0.340 e. The standard InChI is InChI=1S/C27H33N3O3/c1-20(2)28-13-15-29(16-14-28)24(31)17-27(23-12-8-7-9-21(23)3)18-25(32)30(26(27)33)19-22-10-5-4-6-11-22/h4-12,20H,13-19H2,1-3H3/t27-/m0/s1. The number of likely N-dealkylation sites (tertiary alicyclic amines) is 1. The highest BCUT2D eigenvalue weighted by atomic mass is 16.2. The van der Waals surface area contributed by atoms with Gasteiger partial charge >= 0.3 is 0 Å². The lowest BCUT2D eigenvalue weighted by Gasteiger charge is -2.38. The second-order valence-electron chi connectivity index (χ2n) is 9.53. The number of aryl methyl sites for hydroxylation is 1. The monoisotopic (exact) mass is 447 g/mol. The number of hydrogen-bond acceptors (Lipinski definition) is 4. The van der Waals surface area contributed by atoms with Crippen molar-refractivity contribution in [1.82, 2.24) is 14.7 Å². The summed E-state index contributed by atoms with van der Waals surface area (Å²) >= 11 is 0. The number of hydrogen-bond donors (Lipinski definition) is 0. The molecule has 0 bridgehead atoms. The molecule has 2 saturated heterocycles. The summed E-state index contributed by atoms with van der Waals surface area (Å²) < 4.78 is 0. The highest BCUT2D eigenvalue weighted by Gasteiger charge is 2.54. The van der Waals surface area contributed by atoms with Crippen molar-refractivity contribution in [3.05, 3.63) is 71.3 Å². The molecular weight excluding hydrogens is 414 g/mol. The third-order valence-electron chi connectivity index (χ3n) is 7.10. The van der Waals surface area contributed by atoms with Gasteiger partial charge in [-0.25, -0.2) is 0 Å². The fourth-order valence-corrected chi connectivity index (χ4v) is 5.14. The van der Waals surface area contributed by atoms with Gasteiger partial charge in [-0.2, -0.15) is 0 Å². The van der Waals surface area contributed by atoms with E-state index in [9.17, 15) is 14.4 Å². The zero-order chi connectivity index (χ0) is 23.6. The zero-order valence-electron chi connectivity index (χ0n) is 19.8. The number of benzene rings is 2. The first-order valence-electron chi connectivity index (χ1n) is 11.8. The minimum absolute atomic E-state index is 0.0232. The van der Waals surface area contributed by atoms with Crippen LogP contribution >= 0.6 is 0 Å². The van der Waals surface area contributed by atoms with E-state index in [0.717, 1.165) is 29.8 Å². The first kappa shape index (κ1) is 23.2. The number of amides is 3. The second kappa shape index (κ2) is 9.48. The molecule has 0 saturated carbocycles. The molecular formula is C27H33N3O3. The van der Waals surface area contributed by atoms with Gasteiger partial charge in [0.15, 0.2) is 0 Å². The Hall–Kier alpha value is -2.99. The highest BCUT2D eigenvalue weighted by Crippen LogP contribution is 2.42. The first-order valence-corrected chi connectivity index (χ1v) is 11.8. The fraction of sp³-hybridized carbons (Fsp3) is 0.444. The SMILES string of the molecule is Cc1ccccc1[C@]1(CC(=O)N2CCN(C(C)C)CC2)CC(=O)N(Cc2ccccc2)C1=O. The molecule has 2 heterocycles. The van der Waals surface area contributed by atoms with Crippen molar-refractivity contribution in [3.8, 4) is 0 Å². The van der Waals surface area contributed by atoms with Crippen LogP contribution in [0.25, 0.3) is 0 Å². The molecule has 2 aliphatic heterocycles. The Kier molecular flexibility index (Phi) is 6.66. The molecule has 2 aromatic rings. The molecule has 2 aliphatic rings. The summed E-state index contributed by atoms with van der Waals surface area (Å²) in [6.07, 6.45) is 0.0522. The van der Waals surface area contributed by atoms with Crippen LogP contribution in [-0.2, 0) is 26.3 Å². The molecule has 0 unspecified atom stereocenters. The van der Waals surface area contributed by atoms with Crippen LogP contribution in [0.3, 0.4) is 0 Å². The van der Waals surface area contributed by atoms with Gasteiger partial charge in [0, 0.05) is 45.1 Å². The van der Waals surface area contributed by atoms with E-state index < -0.39 is 5.41 Å². The summed E-state index contributed by atoms with van der Waals surface area (Å²) in [5.74, 6) is -0.534. The lowest BCUT2D eigenvalue weighted by molar-refractivity contribution is -0.143. The Labute approximate surface area is 196 Å². The molecule has 33 heavy (non-hydrogen) atoms. The molecule has 6 heteroatoms. The summed E-state index contributed by atoms with van der Waals surface area (Å²) in [5, 5.41) is 0. The van der Waals surface area contributed by atoms with Crippen LogP contribution < -0.4 is 0 Å². The van der Waals surface area contributed by atoms with Gasteiger partial charge in [0.25, 0.3) is 0 Å². The van der Waals surface area contributed by atoms with E-state index in [1.165, 1.54) is 4.90 Å². The van der Waals surface area contributed by atoms with Crippen molar-refractivity contribution >= 4 is 17.7 Å². The minimum atomic E-state index is -1.15. The van der Waals surface area contributed by atoms with E-state index in [4.69, 9.17) is 0 Å². The van der Waals surface area contributed by atoms with Gasteiger partial charge < -0.3 is 4.90 Å². The van der Waals surface area contributed by atoms with Gasteiger partial charge in [0.1, 0.15) is 0 Å². The number of carbonyl (C=O) groups excluding carboxylic acids is 3. The number of piperazine rings is 1. The van der Waals surface area contributed by atoms with Crippen LogP contribution in [0, 0.1) is 6.92 Å². The summed E-state index contributed by atoms with van der Waals surface area (Å²) in [5.41, 5.74) is 1.46. The third-order valence-corrected chi connectivity index (χ3v) is 7.10. The highest BCUT2D eigenvalue weighted by molar-refractivity contribution is 6.10. The van der Waals surface area contributed by atoms with Crippen LogP contribution in [0.15, 0.2) is 54.6 Å². The molecule has 4 rings (SSSR count). The van der Waals surface area contributed by atoms with E-state index in [1.807, 2.05) is 66.4 Å². The molecule has 0 radical (unpaired) electrons. The first-order chi connectivity index (χ1) is 15.8. The van der Waals surface area contributed by atoms with Crippen molar-refractivity contribution in [1.29, 1.82) is 0 Å². The van der Waals surface area contributed by atoms with E-state index in [2.05, 4.69) is 18.7 Å². The third kappa shape index (κ3) is 4.58. The molecule has 0 spiro atoms. The van der Waals surface area contributed by atoms with E-state index in [-0.39, 0.29) is 37.1 Å². The molecule has 6 nitrogen and oxygen atoms in total. The Balaban J connectivity index is 1.62. The predicted octanol–water partition coefficient (Wildman–Crippen LogP) is 3.13. The fourth-order valence-electron chi connectivity index (χ4n) is 5.14. The summed E-state index contributed by atoms with van der Waals surface area (Å²) in [7, 11) is 0. The van der Waals surface area contributed by atoms with Crippen molar-refractivity contribution in [2.75, 3.05) is 26.2 Å². The van der Waals surface area contributed by atoms with Crippen LogP contribution in [0.5, 0.6) is 0 Å². The number of nitrogens with zero attached hydrogens (tertiary/aromatic N) is 3. The second-order valence-corrected chi connectivity index (χ2v) is 9.53. The van der Waals surface area contributed by atoms with Crippen LogP contribution in [-0.4, -0.2) is 64.6 Å². The Morgan fingerprint density at radius 2 is 1.58 bits per heavy atom. The van der Waals surface area contributed by atoms with Crippen LogP contribution in [0.1, 0.15) is 43.4 Å². The van der Waals surface area contributed by atoms with Crippen LogP contribution in [0.4, 0.5) is 0 Å². The van der Waals surface area contributed by atoms with Gasteiger partial charge in [0.2, 0.25) is 17.7 Å². The maximum atomic E-state index is 13.9. The van der Waals surface area contributed by atoms with Gasteiger partial charge in [0.05, 0.1) is 12.0 Å². The molecule has 2 fully saturated rings. The molecule has 174 valence electrons. The van der Waals surface area contributed by atoms with Gasteiger partial charge in [-0.1, -0.05) is 54.6 Å². The van der Waals surface area contributed by atoms with Crippen molar-refractivity contribution in [2.45, 2.75) is 51.6 Å². The number of imide groups is 1. The maximum Gasteiger partial charge on any atom is 0.241 e. The Morgan fingerprint density at radius 1 is 0.939 bits per heavy atom. The molecule has 1 atom stereocenters. The molecule has 3 amide bonds. The normalized spacial score (nSPS) is 21.8. The quantitative estimate of drug-likeness (QED) is 0.639. The van der Waals surface area contributed by atoms with Crippen molar-refractivity contribution in [2.24, 2.45) is 0 Å². The van der Waals surface area contributed by atoms with E-state index in [0.29, 0.717) is 19.1 Å². The lowest BCUT2D eigenvalue weighted by Crippen LogP contribution is -2.52. The van der Waals surface area contributed by atoms with Crippen molar-refractivity contribution in [3.63, 3.8) is 0 Å². The average Bonchev–Trinajstić information content (AvgIpc) is 3.04. The zero-order valence-corrected chi connectivity index (χ0v) is 19.8. The van der Waals surface area contributed by atoms with Gasteiger partial charge in [-0.15, -0.1) is 0 Å². The number of carbonyl (C=O) groups is 3. The van der Waals surface area contributed by atoms with E-state index in [1.54, 1.807) is 0 Å². The lowest BCUT2D eigenvalue weighted by atomic mass is 9.74. The summed E-state index contributed by atoms with van der Waals surface area (Å²) in [6, 6.07) is 17.6. The van der Waals surface area contributed by atoms with Crippen molar-refractivity contribution < 1.29 is 14.4 Å². The Morgan fingerprint density at radius 3 is 2.21 bits per heavy atom. The smallest absolute Gasteiger partial charge is 0.241 e. The van der Waals surface area contributed by atoms with Gasteiger partial charge in [-0.05, 0) is 37.5 Å². The summed E-state index contributed by atoms with van der Waals surface area (Å²) in [6.45, 7) is 9.45. The van der Waals surface area contributed by atoms with Crippen LogP contribution in [0.2, 0.25) is 0 Å². The van der Waals surface area contributed by atoms with Gasteiger partial charge in [-0.3, -0.25) is 24.2 Å². The number of rotatable bonds is 6. The van der Waals surface area contributed by atoms with E-state index >= 15 is 0 Å². The predicted molar refractivity (Wildman–Crippen MR) is 127 cm³/mol.